The lowest BCUT2D eigenvalue weighted by Crippen LogP contribution is -2.12. The number of aryl methyl sites for hydroxylation is 1. The second kappa shape index (κ2) is 6.27. The number of nitrogens with one attached hydrogen (secondary N) is 1. The molecule has 0 unspecified atom stereocenters. The van der Waals surface area contributed by atoms with Crippen LogP contribution in [-0.2, 0) is 10.0 Å². The molecule has 0 amide bonds. The smallest absolute Gasteiger partial charge is 0.261 e. The normalized spacial score (nSPS) is 11.6. The van der Waals surface area contributed by atoms with Crippen molar-refractivity contribution >= 4 is 21.5 Å². The van der Waals surface area contributed by atoms with Gasteiger partial charge in [-0.3, -0.25) is 9.12 Å². The summed E-state index contributed by atoms with van der Waals surface area (Å²) in [5, 5.41) is 0. The molecule has 4 rings (SSSR count). The van der Waals surface area contributed by atoms with Crippen LogP contribution < -0.4 is 4.72 Å². The molecule has 0 bridgehead atoms. The van der Waals surface area contributed by atoms with Crippen LogP contribution in [0.4, 0.5) is 5.69 Å². The number of hydrogen-bond donors (Lipinski definition) is 1. The van der Waals surface area contributed by atoms with Gasteiger partial charge in [0.15, 0.2) is 0 Å². The molecule has 0 aliphatic heterocycles. The highest BCUT2D eigenvalue weighted by molar-refractivity contribution is 7.92. The van der Waals surface area contributed by atoms with Gasteiger partial charge < -0.3 is 0 Å². The van der Waals surface area contributed by atoms with Crippen LogP contribution in [0.15, 0.2) is 78.0 Å². The summed E-state index contributed by atoms with van der Waals surface area (Å²) in [6.07, 6.45) is 3.81. The van der Waals surface area contributed by atoms with E-state index in [2.05, 4.69) is 14.7 Å². The Morgan fingerprint density at radius 1 is 0.923 bits per heavy atom. The summed E-state index contributed by atoms with van der Waals surface area (Å²) in [6.45, 7) is 1.92. The van der Waals surface area contributed by atoms with Gasteiger partial charge in [-0.25, -0.2) is 18.4 Å². The van der Waals surface area contributed by atoms with E-state index >= 15 is 0 Å². The minimum Gasteiger partial charge on any atom is -0.291 e. The largest absolute Gasteiger partial charge is 0.291 e. The Kier molecular flexibility index (Phi) is 3.93. The number of rotatable bonds is 4. The van der Waals surface area contributed by atoms with Crippen LogP contribution in [0.5, 0.6) is 0 Å². The molecule has 2 heterocycles. The fraction of sp³-hybridized carbons (Fsp3) is 0.0526. The lowest BCUT2D eigenvalue weighted by Gasteiger charge is -2.08. The summed E-state index contributed by atoms with van der Waals surface area (Å²) in [4.78, 5) is 9.12. The molecule has 0 radical (unpaired) electrons. The van der Waals surface area contributed by atoms with Crippen molar-refractivity contribution in [2.24, 2.45) is 0 Å². The average Bonchev–Trinajstić information content (AvgIpc) is 3.06. The molecule has 130 valence electrons. The maximum atomic E-state index is 12.4. The van der Waals surface area contributed by atoms with Gasteiger partial charge in [-0.1, -0.05) is 30.3 Å². The van der Waals surface area contributed by atoms with Crippen molar-refractivity contribution in [3.8, 4) is 11.3 Å². The number of sulfonamides is 1. The first-order valence-corrected chi connectivity index (χ1v) is 9.50. The number of hydrogen-bond acceptors (Lipinski definition) is 4. The zero-order valence-corrected chi connectivity index (χ0v) is 14.8. The van der Waals surface area contributed by atoms with Gasteiger partial charge in [-0.2, -0.15) is 0 Å². The van der Waals surface area contributed by atoms with Crippen LogP contribution in [0, 0.1) is 6.92 Å². The standard InChI is InChI=1S/C19H16N4O2S/c1-14-11-12-23-13-18(21-19(23)20-14)15-7-9-16(10-8-15)22-26(24,25)17-5-3-2-4-6-17/h2-13,22H,1H3. The molecule has 0 fully saturated rings. The quantitative estimate of drug-likeness (QED) is 0.601. The van der Waals surface area contributed by atoms with E-state index in [-0.39, 0.29) is 4.90 Å². The molecule has 0 saturated heterocycles. The molecule has 2 aromatic carbocycles. The molecule has 4 aromatic rings. The van der Waals surface area contributed by atoms with Crippen molar-refractivity contribution in [1.29, 1.82) is 0 Å². The summed E-state index contributed by atoms with van der Waals surface area (Å²) in [7, 11) is -3.60. The molecule has 1 N–H and O–H groups in total. The number of anilines is 1. The predicted octanol–water partition coefficient (Wildman–Crippen LogP) is 3.51. The van der Waals surface area contributed by atoms with Crippen LogP contribution in [0.2, 0.25) is 0 Å². The third-order valence-corrected chi connectivity index (χ3v) is 5.35. The Morgan fingerprint density at radius 2 is 1.65 bits per heavy atom. The lowest BCUT2D eigenvalue weighted by molar-refractivity contribution is 0.601. The Hall–Kier alpha value is -3.19. The molecule has 0 atom stereocenters. The van der Waals surface area contributed by atoms with Crippen molar-refractivity contribution in [3.63, 3.8) is 0 Å². The summed E-state index contributed by atoms with van der Waals surface area (Å²) in [6, 6.07) is 17.3. The van der Waals surface area contributed by atoms with Gasteiger partial charge in [-0.15, -0.1) is 0 Å². The fourth-order valence-electron chi connectivity index (χ4n) is 2.62. The number of imidazole rings is 1. The first kappa shape index (κ1) is 16.3. The van der Waals surface area contributed by atoms with Gasteiger partial charge in [0.05, 0.1) is 10.6 Å². The molecule has 7 heteroatoms. The summed E-state index contributed by atoms with van der Waals surface area (Å²) >= 11 is 0. The minimum absolute atomic E-state index is 0.228. The summed E-state index contributed by atoms with van der Waals surface area (Å²) < 4.78 is 29.2. The van der Waals surface area contributed by atoms with Gasteiger partial charge >= 0.3 is 0 Å². The summed E-state index contributed by atoms with van der Waals surface area (Å²) in [5.74, 6) is 0.633. The van der Waals surface area contributed by atoms with Crippen LogP contribution in [0.3, 0.4) is 0 Å². The fourth-order valence-corrected chi connectivity index (χ4v) is 3.70. The van der Waals surface area contributed by atoms with Crippen LogP contribution in [-0.4, -0.2) is 22.8 Å². The monoisotopic (exact) mass is 364 g/mol. The van der Waals surface area contributed by atoms with Crippen molar-refractivity contribution in [1.82, 2.24) is 14.4 Å². The molecule has 0 aliphatic carbocycles. The van der Waals surface area contributed by atoms with Crippen LogP contribution in [0.1, 0.15) is 5.69 Å². The maximum absolute atomic E-state index is 12.4. The zero-order chi connectivity index (χ0) is 18.1. The summed E-state index contributed by atoms with van der Waals surface area (Å²) in [5.41, 5.74) is 3.06. The van der Waals surface area contributed by atoms with E-state index in [1.807, 2.05) is 41.9 Å². The molecular weight excluding hydrogens is 348 g/mol. The first-order chi connectivity index (χ1) is 12.5. The van der Waals surface area contributed by atoms with Crippen molar-refractivity contribution in [2.75, 3.05) is 4.72 Å². The molecule has 0 aliphatic rings. The highest BCUT2D eigenvalue weighted by Gasteiger charge is 2.13. The van der Waals surface area contributed by atoms with Crippen molar-refractivity contribution in [2.45, 2.75) is 11.8 Å². The molecule has 2 aromatic heterocycles. The van der Waals surface area contributed by atoms with E-state index in [1.54, 1.807) is 42.5 Å². The van der Waals surface area contributed by atoms with Crippen LogP contribution >= 0.6 is 0 Å². The van der Waals surface area contributed by atoms with Gasteiger partial charge in [0, 0.05) is 29.3 Å². The van der Waals surface area contributed by atoms with Crippen molar-refractivity contribution < 1.29 is 8.42 Å². The number of aromatic nitrogens is 3. The van der Waals surface area contributed by atoms with Crippen molar-refractivity contribution in [3.05, 3.63) is 78.8 Å². The van der Waals surface area contributed by atoms with E-state index in [9.17, 15) is 8.42 Å². The number of fused-ring (bicyclic) bond motifs is 1. The topological polar surface area (TPSA) is 76.4 Å². The SMILES string of the molecule is Cc1ccn2cc(-c3ccc(NS(=O)(=O)c4ccccc4)cc3)nc2n1. The third kappa shape index (κ3) is 3.16. The van der Waals surface area contributed by atoms with Gasteiger partial charge in [0.25, 0.3) is 10.0 Å². The Balaban J connectivity index is 1.60. The average molecular weight is 364 g/mol. The van der Waals surface area contributed by atoms with Gasteiger partial charge in [0.2, 0.25) is 5.78 Å². The first-order valence-electron chi connectivity index (χ1n) is 8.02. The van der Waals surface area contributed by atoms with E-state index in [4.69, 9.17) is 0 Å². The second-order valence-electron chi connectivity index (χ2n) is 5.90. The Morgan fingerprint density at radius 3 is 2.38 bits per heavy atom. The van der Waals surface area contributed by atoms with E-state index in [0.717, 1.165) is 17.0 Å². The molecule has 6 nitrogen and oxygen atoms in total. The highest BCUT2D eigenvalue weighted by Crippen LogP contribution is 2.22. The number of benzene rings is 2. The highest BCUT2D eigenvalue weighted by atomic mass is 32.2. The maximum Gasteiger partial charge on any atom is 0.261 e. The van der Waals surface area contributed by atoms with E-state index in [1.165, 1.54) is 0 Å². The Bertz CT molecular complexity index is 1170. The Labute approximate surface area is 151 Å². The van der Waals surface area contributed by atoms with E-state index in [0.29, 0.717) is 11.5 Å². The molecule has 0 saturated carbocycles. The molecule has 0 spiro atoms. The minimum atomic E-state index is -3.60. The zero-order valence-electron chi connectivity index (χ0n) is 14.0. The third-order valence-electron chi connectivity index (χ3n) is 3.95. The molecule has 26 heavy (non-hydrogen) atoms. The second-order valence-corrected chi connectivity index (χ2v) is 7.58. The van der Waals surface area contributed by atoms with Gasteiger partial charge in [-0.05, 0) is 37.3 Å². The molecular formula is C19H16N4O2S. The number of nitrogens with zero attached hydrogens (tertiary/aromatic N) is 3. The van der Waals surface area contributed by atoms with Crippen LogP contribution in [0.25, 0.3) is 17.0 Å². The lowest BCUT2D eigenvalue weighted by atomic mass is 10.1. The van der Waals surface area contributed by atoms with Gasteiger partial charge in [0.1, 0.15) is 0 Å². The van der Waals surface area contributed by atoms with E-state index < -0.39 is 10.0 Å². The predicted molar refractivity (Wildman–Crippen MR) is 100 cm³/mol.